The van der Waals surface area contributed by atoms with Gasteiger partial charge in [0.2, 0.25) is 5.89 Å². The molecule has 0 aliphatic rings. The second-order valence-electron chi connectivity index (χ2n) is 3.56. The Hall–Kier alpha value is -0.550. The van der Waals surface area contributed by atoms with Crippen LogP contribution in [0.25, 0.3) is 0 Å². The van der Waals surface area contributed by atoms with Gasteiger partial charge in [-0.15, -0.1) is 11.8 Å². The molecular formula is C9H17N3OS. The fourth-order valence-corrected chi connectivity index (χ4v) is 1.53. The van der Waals surface area contributed by atoms with E-state index < -0.39 is 0 Å². The van der Waals surface area contributed by atoms with Crippen molar-refractivity contribution < 1.29 is 4.52 Å². The van der Waals surface area contributed by atoms with Crippen molar-refractivity contribution in [3.63, 3.8) is 0 Å². The van der Waals surface area contributed by atoms with Gasteiger partial charge in [-0.05, 0) is 0 Å². The van der Waals surface area contributed by atoms with Crippen LogP contribution in [0.1, 0.15) is 38.4 Å². The average molecular weight is 215 g/mol. The third kappa shape index (κ3) is 3.31. The van der Waals surface area contributed by atoms with Crippen LogP contribution in [0, 0.1) is 0 Å². The number of hydrogen-bond donors (Lipinski definition) is 1. The Labute approximate surface area is 88.6 Å². The minimum Gasteiger partial charge on any atom is -0.339 e. The lowest BCUT2D eigenvalue weighted by atomic mass is 10.2. The molecule has 0 aliphatic carbocycles. The summed E-state index contributed by atoms with van der Waals surface area (Å²) in [6, 6.07) is 0. The summed E-state index contributed by atoms with van der Waals surface area (Å²) < 4.78 is 5.09. The van der Waals surface area contributed by atoms with Gasteiger partial charge in [0.1, 0.15) is 0 Å². The summed E-state index contributed by atoms with van der Waals surface area (Å²) in [6.45, 7) is 6.84. The van der Waals surface area contributed by atoms with Crippen LogP contribution in [0.4, 0.5) is 0 Å². The Morgan fingerprint density at radius 3 is 2.64 bits per heavy atom. The molecule has 0 bridgehead atoms. The number of thioether (sulfide) groups is 1. The predicted molar refractivity (Wildman–Crippen MR) is 58.2 cm³/mol. The van der Waals surface area contributed by atoms with Crippen molar-refractivity contribution in [2.45, 2.75) is 37.7 Å². The molecule has 0 radical (unpaired) electrons. The minimum atomic E-state index is 0.299. The van der Waals surface area contributed by atoms with E-state index in [1.165, 1.54) is 0 Å². The van der Waals surface area contributed by atoms with Crippen molar-refractivity contribution in [3.8, 4) is 0 Å². The highest BCUT2D eigenvalue weighted by molar-refractivity contribution is 7.99. The molecule has 1 aromatic heterocycles. The van der Waals surface area contributed by atoms with Crippen LogP contribution < -0.4 is 5.73 Å². The van der Waals surface area contributed by atoms with E-state index in [1.54, 1.807) is 11.8 Å². The summed E-state index contributed by atoms with van der Waals surface area (Å²) in [7, 11) is 0. The molecular weight excluding hydrogens is 198 g/mol. The molecule has 1 aromatic rings. The number of nitrogens with zero attached hydrogens (tertiary/aromatic N) is 2. The average Bonchev–Trinajstić information content (AvgIpc) is 2.62. The third-order valence-corrected chi connectivity index (χ3v) is 2.99. The summed E-state index contributed by atoms with van der Waals surface area (Å²) in [5.74, 6) is 2.54. The topological polar surface area (TPSA) is 64.9 Å². The first-order valence-corrected chi connectivity index (χ1v) is 5.82. The van der Waals surface area contributed by atoms with Crippen molar-refractivity contribution in [1.82, 2.24) is 10.1 Å². The number of aromatic nitrogens is 2. The molecule has 0 saturated heterocycles. The summed E-state index contributed by atoms with van der Waals surface area (Å²) in [4.78, 5) is 4.28. The molecule has 0 aliphatic heterocycles. The normalized spacial score (nSPS) is 13.5. The Balaban J connectivity index is 2.44. The molecule has 14 heavy (non-hydrogen) atoms. The van der Waals surface area contributed by atoms with E-state index in [1.807, 2.05) is 13.8 Å². The number of nitrogens with two attached hydrogens (primary N) is 1. The van der Waals surface area contributed by atoms with Gasteiger partial charge < -0.3 is 10.3 Å². The zero-order chi connectivity index (χ0) is 10.6. The van der Waals surface area contributed by atoms with Crippen LogP contribution in [0.3, 0.4) is 0 Å². The zero-order valence-corrected chi connectivity index (χ0v) is 9.67. The molecule has 0 spiro atoms. The molecule has 80 valence electrons. The maximum Gasteiger partial charge on any atom is 0.229 e. The van der Waals surface area contributed by atoms with Gasteiger partial charge in [0, 0.05) is 17.7 Å². The predicted octanol–water partition coefficient (Wildman–Crippen LogP) is 1.77. The Kier molecular flexibility index (Phi) is 4.41. The molecule has 0 amide bonds. The second kappa shape index (κ2) is 5.36. The van der Waals surface area contributed by atoms with Crippen LogP contribution in [0.15, 0.2) is 4.52 Å². The van der Waals surface area contributed by atoms with E-state index in [0.717, 1.165) is 11.6 Å². The van der Waals surface area contributed by atoms with Gasteiger partial charge in [-0.3, -0.25) is 0 Å². The maximum absolute atomic E-state index is 5.50. The lowest BCUT2D eigenvalue weighted by molar-refractivity contribution is 0.362. The lowest BCUT2D eigenvalue weighted by Gasteiger charge is -2.04. The summed E-state index contributed by atoms with van der Waals surface area (Å²) in [5, 5.41) is 4.34. The Morgan fingerprint density at radius 2 is 2.14 bits per heavy atom. The van der Waals surface area contributed by atoms with Crippen molar-refractivity contribution in [2.75, 3.05) is 6.54 Å². The molecule has 1 atom stereocenters. The smallest absolute Gasteiger partial charge is 0.229 e. The van der Waals surface area contributed by atoms with Gasteiger partial charge in [0.05, 0.1) is 5.75 Å². The maximum atomic E-state index is 5.50. The van der Waals surface area contributed by atoms with Crippen LogP contribution in [-0.2, 0) is 5.75 Å². The highest BCUT2D eigenvalue weighted by atomic mass is 32.2. The summed E-state index contributed by atoms with van der Waals surface area (Å²) >= 11 is 1.74. The van der Waals surface area contributed by atoms with Crippen LogP contribution in [0.2, 0.25) is 0 Å². The number of hydrogen-bond acceptors (Lipinski definition) is 5. The van der Waals surface area contributed by atoms with Gasteiger partial charge in [0.25, 0.3) is 0 Å². The molecule has 4 nitrogen and oxygen atoms in total. The highest BCUT2D eigenvalue weighted by Crippen LogP contribution is 2.17. The standard InChI is InChI=1S/C9H17N3OS/c1-6(2)9-11-8(12-13-9)5-14-7(3)4-10/h6-7H,4-5,10H2,1-3H3. The first kappa shape index (κ1) is 11.5. The van der Waals surface area contributed by atoms with Gasteiger partial charge in [-0.2, -0.15) is 4.98 Å². The fraction of sp³-hybridized carbons (Fsp3) is 0.778. The molecule has 1 heterocycles. The molecule has 2 N–H and O–H groups in total. The summed E-state index contributed by atoms with van der Waals surface area (Å²) in [6.07, 6.45) is 0. The Morgan fingerprint density at radius 1 is 1.43 bits per heavy atom. The van der Waals surface area contributed by atoms with Gasteiger partial charge in [-0.1, -0.05) is 25.9 Å². The molecule has 1 unspecified atom stereocenters. The van der Waals surface area contributed by atoms with E-state index in [0.29, 0.717) is 23.6 Å². The van der Waals surface area contributed by atoms with E-state index in [9.17, 15) is 0 Å². The molecule has 1 rings (SSSR count). The first-order valence-electron chi connectivity index (χ1n) is 4.77. The number of rotatable bonds is 5. The van der Waals surface area contributed by atoms with Crippen molar-refractivity contribution in [3.05, 3.63) is 11.7 Å². The highest BCUT2D eigenvalue weighted by Gasteiger charge is 2.10. The van der Waals surface area contributed by atoms with Crippen LogP contribution >= 0.6 is 11.8 Å². The monoisotopic (exact) mass is 215 g/mol. The van der Waals surface area contributed by atoms with E-state index >= 15 is 0 Å². The molecule has 0 saturated carbocycles. The second-order valence-corrected chi connectivity index (χ2v) is 4.99. The van der Waals surface area contributed by atoms with E-state index in [4.69, 9.17) is 10.3 Å². The SMILES string of the molecule is CC(CN)SCc1noc(C(C)C)n1. The fourth-order valence-electron chi connectivity index (χ4n) is 0.845. The van der Waals surface area contributed by atoms with E-state index in [2.05, 4.69) is 17.1 Å². The lowest BCUT2D eigenvalue weighted by Crippen LogP contribution is -2.12. The summed E-state index contributed by atoms with van der Waals surface area (Å²) in [5.41, 5.74) is 5.50. The van der Waals surface area contributed by atoms with Crippen molar-refractivity contribution >= 4 is 11.8 Å². The zero-order valence-electron chi connectivity index (χ0n) is 8.86. The van der Waals surface area contributed by atoms with Crippen LogP contribution in [0.5, 0.6) is 0 Å². The Bertz CT molecular complexity index is 275. The van der Waals surface area contributed by atoms with Crippen molar-refractivity contribution in [2.24, 2.45) is 5.73 Å². The largest absolute Gasteiger partial charge is 0.339 e. The van der Waals surface area contributed by atoms with Gasteiger partial charge >= 0.3 is 0 Å². The molecule has 5 heteroatoms. The third-order valence-electron chi connectivity index (χ3n) is 1.81. The molecule has 0 fully saturated rings. The van der Waals surface area contributed by atoms with E-state index in [-0.39, 0.29) is 0 Å². The van der Waals surface area contributed by atoms with Gasteiger partial charge in [-0.25, -0.2) is 0 Å². The van der Waals surface area contributed by atoms with Gasteiger partial charge in [0.15, 0.2) is 5.82 Å². The van der Waals surface area contributed by atoms with Crippen molar-refractivity contribution in [1.29, 1.82) is 0 Å². The first-order chi connectivity index (χ1) is 6.63. The van der Waals surface area contributed by atoms with Crippen LogP contribution in [-0.4, -0.2) is 21.9 Å². The quantitative estimate of drug-likeness (QED) is 0.811. The minimum absolute atomic E-state index is 0.299. The molecule has 0 aromatic carbocycles.